The molecule has 0 saturated carbocycles. The summed E-state index contributed by atoms with van der Waals surface area (Å²) in [5.74, 6) is 0. The third kappa shape index (κ3) is 2.09. The Labute approximate surface area is 138 Å². The molecule has 0 aliphatic carbocycles. The quantitative estimate of drug-likeness (QED) is 0.596. The Morgan fingerprint density at radius 1 is 0.818 bits per heavy atom. The molecule has 0 spiro atoms. The van der Waals surface area contributed by atoms with Gasteiger partial charge in [0, 0.05) is 0 Å². The molecule has 0 bridgehead atoms. The summed E-state index contributed by atoms with van der Waals surface area (Å²) in [6, 6.07) is 22.0. The minimum absolute atomic E-state index is 0.402. The fourth-order valence-electron chi connectivity index (χ4n) is 3.32. The zero-order chi connectivity index (χ0) is 15.2. The first-order chi connectivity index (χ1) is 10.7. The Balaban J connectivity index is 1.99. The topological polar surface area (TPSA) is 12.9 Å². The third-order valence-corrected chi connectivity index (χ3v) is 11.1. The first-order valence-corrected chi connectivity index (χ1v) is 12.2. The molecule has 3 aromatic rings. The van der Waals surface area contributed by atoms with E-state index in [1.54, 1.807) is 19.3 Å². The Bertz CT molecular complexity index is 843. The van der Waals surface area contributed by atoms with E-state index in [1.165, 1.54) is 5.56 Å². The summed E-state index contributed by atoms with van der Waals surface area (Å²) in [6.45, 7) is 4.96. The van der Waals surface area contributed by atoms with Crippen LogP contribution in [0.1, 0.15) is 0 Å². The van der Waals surface area contributed by atoms with Crippen molar-refractivity contribution in [1.82, 2.24) is 4.98 Å². The van der Waals surface area contributed by atoms with E-state index in [2.05, 4.69) is 72.7 Å². The number of hydrogen-bond donors (Lipinski definition) is 0. The van der Waals surface area contributed by atoms with Gasteiger partial charge in [-0.1, -0.05) is 0 Å². The van der Waals surface area contributed by atoms with Gasteiger partial charge in [-0.2, -0.15) is 0 Å². The summed E-state index contributed by atoms with van der Waals surface area (Å²) >= 11 is 0.402. The molecule has 1 nitrogen and oxygen atoms in total. The van der Waals surface area contributed by atoms with Crippen LogP contribution in [0.25, 0.3) is 11.3 Å². The van der Waals surface area contributed by atoms with Crippen LogP contribution < -0.4 is 19.3 Å². The van der Waals surface area contributed by atoms with Gasteiger partial charge in [0.2, 0.25) is 0 Å². The van der Waals surface area contributed by atoms with Gasteiger partial charge in [-0.05, 0) is 0 Å². The number of fused-ring (bicyclic) bond motifs is 2. The predicted octanol–water partition coefficient (Wildman–Crippen LogP) is 1.54. The van der Waals surface area contributed by atoms with Crippen molar-refractivity contribution in [2.75, 3.05) is 0 Å². The summed E-state index contributed by atoms with van der Waals surface area (Å²) in [7, 11) is -1.68. The zero-order valence-corrected chi connectivity index (χ0v) is 15.4. The summed E-state index contributed by atoms with van der Waals surface area (Å²) in [6.07, 6.45) is 1.89. The molecular formula is C19H17NSeSi. The van der Waals surface area contributed by atoms with Crippen LogP contribution in [0.4, 0.5) is 0 Å². The molecule has 1 aliphatic rings. The van der Waals surface area contributed by atoms with Crippen LogP contribution in [0.5, 0.6) is 0 Å². The van der Waals surface area contributed by atoms with Crippen LogP contribution in [0.2, 0.25) is 13.1 Å². The molecule has 0 amide bonds. The summed E-state index contributed by atoms with van der Waals surface area (Å²) in [4.78, 5) is 4.61. The molecule has 1 aromatic heterocycles. The number of hydrogen-bond acceptors (Lipinski definition) is 1. The standard InChI is InChI=1S/C19H17NSeSi/c1-22(2)18-12-4-3-10-16(18)21-17-11-7-8-14(19(17)22)15-9-5-6-13-20-15/h3-13H,1-2H3. The van der Waals surface area contributed by atoms with E-state index in [0.717, 1.165) is 5.69 Å². The van der Waals surface area contributed by atoms with E-state index in [-0.39, 0.29) is 0 Å². The molecular weight excluding hydrogens is 349 g/mol. The average molecular weight is 366 g/mol. The number of aromatic nitrogens is 1. The maximum absolute atomic E-state index is 4.61. The van der Waals surface area contributed by atoms with Crippen molar-refractivity contribution >= 4 is 42.3 Å². The second-order valence-corrected chi connectivity index (χ2v) is 12.7. The van der Waals surface area contributed by atoms with Crippen LogP contribution in [-0.4, -0.2) is 28.0 Å². The van der Waals surface area contributed by atoms with Crippen molar-refractivity contribution in [1.29, 1.82) is 0 Å². The van der Waals surface area contributed by atoms with Gasteiger partial charge in [0.25, 0.3) is 0 Å². The van der Waals surface area contributed by atoms with Gasteiger partial charge in [-0.15, -0.1) is 0 Å². The molecule has 1 aliphatic heterocycles. The molecule has 2 aromatic carbocycles. The van der Waals surface area contributed by atoms with Gasteiger partial charge in [-0.3, -0.25) is 0 Å². The fourth-order valence-corrected chi connectivity index (χ4v) is 12.1. The van der Waals surface area contributed by atoms with Crippen molar-refractivity contribution in [2.45, 2.75) is 13.1 Å². The molecule has 0 unspecified atom stereocenters. The van der Waals surface area contributed by atoms with Crippen molar-refractivity contribution in [2.24, 2.45) is 0 Å². The van der Waals surface area contributed by atoms with Gasteiger partial charge < -0.3 is 0 Å². The van der Waals surface area contributed by atoms with E-state index < -0.39 is 8.07 Å². The first-order valence-electron chi connectivity index (χ1n) is 7.50. The minimum atomic E-state index is -1.68. The Morgan fingerprint density at radius 3 is 2.41 bits per heavy atom. The number of nitrogens with zero attached hydrogens (tertiary/aromatic N) is 1. The molecule has 0 atom stereocenters. The van der Waals surface area contributed by atoms with Gasteiger partial charge in [0.15, 0.2) is 0 Å². The van der Waals surface area contributed by atoms with Crippen LogP contribution in [0.15, 0.2) is 66.9 Å². The van der Waals surface area contributed by atoms with Crippen LogP contribution in [0.3, 0.4) is 0 Å². The second-order valence-electron chi connectivity index (χ2n) is 6.12. The van der Waals surface area contributed by atoms with E-state index in [0.29, 0.717) is 15.0 Å². The van der Waals surface area contributed by atoms with Crippen molar-refractivity contribution in [3.05, 3.63) is 66.9 Å². The Morgan fingerprint density at radius 2 is 1.59 bits per heavy atom. The van der Waals surface area contributed by atoms with E-state index in [9.17, 15) is 0 Å². The first kappa shape index (κ1) is 14.0. The normalized spacial score (nSPS) is 15.0. The van der Waals surface area contributed by atoms with Crippen LogP contribution >= 0.6 is 0 Å². The van der Waals surface area contributed by atoms with Gasteiger partial charge >= 0.3 is 139 Å². The molecule has 0 N–H and O–H groups in total. The summed E-state index contributed by atoms with van der Waals surface area (Å²) in [5.41, 5.74) is 2.45. The molecule has 2 heterocycles. The van der Waals surface area contributed by atoms with Gasteiger partial charge in [0.05, 0.1) is 0 Å². The molecule has 0 fully saturated rings. The monoisotopic (exact) mass is 367 g/mol. The van der Waals surface area contributed by atoms with Crippen molar-refractivity contribution in [3.63, 3.8) is 0 Å². The number of pyridine rings is 1. The number of rotatable bonds is 1. The summed E-state index contributed by atoms with van der Waals surface area (Å²) in [5, 5.41) is 3.19. The zero-order valence-electron chi connectivity index (χ0n) is 12.7. The maximum atomic E-state index is 4.61. The van der Waals surface area contributed by atoms with Crippen LogP contribution in [-0.2, 0) is 0 Å². The third-order valence-electron chi connectivity index (χ3n) is 4.37. The average Bonchev–Trinajstić information content (AvgIpc) is 2.55. The fraction of sp³-hybridized carbons (Fsp3) is 0.105. The molecule has 0 radical (unpaired) electrons. The molecule has 3 heteroatoms. The van der Waals surface area contributed by atoms with Crippen molar-refractivity contribution in [3.8, 4) is 11.3 Å². The van der Waals surface area contributed by atoms with Gasteiger partial charge in [0.1, 0.15) is 0 Å². The number of benzene rings is 2. The molecule has 0 saturated heterocycles. The van der Waals surface area contributed by atoms with Gasteiger partial charge in [-0.25, -0.2) is 0 Å². The Hall–Kier alpha value is -1.67. The molecule has 4 rings (SSSR count). The van der Waals surface area contributed by atoms with Crippen molar-refractivity contribution < 1.29 is 0 Å². The second kappa shape index (κ2) is 5.20. The Kier molecular flexibility index (Phi) is 3.30. The van der Waals surface area contributed by atoms with Crippen LogP contribution in [0, 0.1) is 0 Å². The van der Waals surface area contributed by atoms with E-state index in [4.69, 9.17) is 0 Å². The predicted molar refractivity (Wildman–Crippen MR) is 97.9 cm³/mol. The van der Waals surface area contributed by atoms with E-state index >= 15 is 0 Å². The summed E-state index contributed by atoms with van der Waals surface area (Å²) < 4.78 is 3.11. The van der Waals surface area contributed by atoms with E-state index in [1.807, 2.05) is 12.3 Å². The SMILES string of the molecule is C[Si]1(C)c2ccccc2[Se]c2cccc(-c3ccccn3)c21. The molecule has 108 valence electrons. The molecule has 22 heavy (non-hydrogen) atoms.